The van der Waals surface area contributed by atoms with E-state index in [0.29, 0.717) is 5.82 Å². The second-order valence-corrected chi connectivity index (χ2v) is 3.82. The maximum atomic E-state index is 11.8. The number of hydrogen-bond acceptors (Lipinski definition) is 4. The Morgan fingerprint density at radius 2 is 1.94 bits per heavy atom. The minimum absolute atomic E-state index is 0.161. The molecule has 0 atom stereocenters. The number of aryl methyl sites for hydroxylation is 1. The summed E-state index contributed by atoms with van der Waals surface area (Å²) >= 11 is 0. The predicted molar refractivity (Wildman–Crippen MR) is 65.7 cm³/mol. The molecular weight excluding hydrogens is 234 g/mol. The van der Waals surface area contributed by atoms with Gasteiger partial charge in [0.25, 0.3) is 5.91 Å². The van der Waals surface area contributed by atoms with Gasteiger partial charge in [0, 0.05) is 23.4 Å². The van der Waals surface area contributed by atoms with E-state index in [1.165, 1.54) is 12.1 Å². The third-order valence-corrected chi connectivity index (χ3v) is 2.42. The van der Waals surface area contributed by atoms with Crippen molar-refractivity contribution in [3.63, 3.8) is 0 Å². The first-order valence-corrected chi connectivity index (χ1v) is 5.47. The summed E-state index contributed by atoms with van der Waals surface area (Å²) in [5.41, 5.74) is 1.07. The zero-order valence-electron chi connectivity index (χ0n) is 9.77. The van der Waals surface area contributed by atoms with Crippen molar-refractivity contribution in [2.75, 3.05) is 5.32 Å². The first kappa shape index (κ1) is 12.0. The number of carbonyl (C=O) groups is 1. The monoisotopic (exact) mass is 247 g/mol. The van der Waals surface area contributed by atoms with Crippen LogP contribution >= 0.6 is 0 Å². The number of rotatable bonds is 3. The van der Waals surface area contributed by atoms with E-state index in [4.69, 9.17) is 0 Å². The van der Waals surface area contributed by atoms with Crippen LogP contribution in [0.15, 0.2) is 24.3 Å². The number of amides is 1. The van der Waals surface area contributed by atoms with Gasteiger partial charge in [-0.05, 0) is 18.6 Å². The molecule has 6 nitrogen and oxygen atoms in total. The smallest absolute Gasteiger partial charge is 0.257 e. The number of aromatic hydroxyl groups is 2. The summed E-state index contributed by atoms with van der Waals surface area (Å²) in [6.07, 6.45) is 0.787. The predicted octanol–water partition coefficient (Wildman–Crippen LogP) is 1.64. The van der Waals surface area contributed by atoms with Gasteiger partial charge < -0.3 is 15.5 Å². The van der Waals surface area contributed by atoms with Crippen molar-refractivity contribution in [3.8, 4) is 11.5 Å². The lowest BCUT2D eigenvalue weighted by Gasteiger charge is -2.03. The van der Waals surface area contributed by atoms with Crippen molar-refractivity contribution in [1.82, 2.24) is 10.2 Å². The van der Waals surface area contributed by atoms with E-state index in [1.54, 1.807) is 6.07 Å². The summed E-state index contributed by atoms with van der Waals surface area (Å²) in [4.78, 5) is 11.8. The first-order chi connectivity index (χ1) is 8.58. The van der Waals surface area contributed by atoms with Crippen LogP contribution in [0.2, 0.25) is 0 Å². The molecule has 1 aromatic heterocycles. The average molecular weight is 247 g/mol. The van der Waals surface area contributed by atoms with E-state index in [0.717, 1.165) is 18.2 Å². The molecule has 0 spiro atoms. The highest BCUT2D eigenvalue weighted by molar-refractivity contribution is 6.04. The fourth-order valence-corrected chi connectivity index (χ4v) is 1.52. The van der Waals surface area contributed by atoms with Crippen molar-refractivity contribution >= 4 is 11.7 Å². The molecule has 4 N–H and O–H groups in total. The molecule has 0 fully saturated rings. The van der Waals surface area contributed by atoms with Gasteiger partial charge in [-0.2, -0.15) is 5.10 Å². The summed E-state index contributed by atoms with van der Waals surface area (Å²) in [6.45, 7) is 1.96. The molecule has 1 amide bonds. The molecule has 0 radical (unpaired) electrons. The third kappa shape index (κ3) is 2.60. The highest BCUT2D eigenvalue weighted by Crippen LogP contribution is 2.21. The highest BCUT2D eigenvalue weighted by atomic mass is 16.3. The second kappa shape index (κ2) is 4.79. The summed E-state index contributed by atoms with van der Waals surface area (Å²) in [7, 11) is 0. The molecule has 0 aliphatic carbocycles. The molecule has 1 aromatic carbocycles. The third-order valence-electron chi connectivity index (χ3n) is 2.42. The molecule has 0 unspecified atom stereocenters. The van der Waals surface area contributed by atoms with Crippen molar-refractivity contribution < 1.29 is 15.0 Å². The molecule has 0 bridgehead atoms. The second-order valence-electron chi connectivity index (χ2n) is 3.82. The summed E-state index contributed by atoms with van der Waals surface area (Å²) in [5.74, 6) is -0.386. The number of aromatic amines is 1. The normalized spacial score (nSPS) is 10.3. The van der Waals surface area contributed by atoms with Crippen LogP contribution in [-0.4, -0.2) is 26.3 Å². The van der Waals surface area contributed by atoms with Crippen LogP contribution in [0.4, 0.5) is 5.82 Å². The first-order valence-electron chi connectivity index (χ1n) is 5.47. The van der Waals surface area contributed by atoms with Gasteiger partial charge in [0.15, 0.2) is 5.82 Å². The average Bonchev–Trinajstić information content (AvgIpc) is 2.75. The maximum absolute atomic E-state index is 11.8. The quantitative estimate of drug-likeness (QED) is 0.662. The Bertz CT molecular complexity index is 557. The number of aromatic nitrogens is 2. The Morgan fingerprint density at radius 1 is 1.28 bits per heavy atom. The van der Waals surface area contributed by atoms with Gasteiger partial charge in [0.2, 0.25) is 0 Å². The van der Waals surface area contributed by atoms with Crippen LogP contribution in [-0.2, 0) is 6.42 Å². The van der Waals surface area contributed by atoms with Crippen molar-refractivity contribution in [2.45, 2.75) is 13.3 Å². The molecule has 0 aliphatic rings. The van der Waals surface area contributed by atoms with E-state index in [9.17, 15) is 15.0 Å². The lowest BCUT2D eigenvalue weighted by Crippen LogP contribution is -2.11. The van der Waals surface area contributed by atoms with Gasteiger partial charge in [-0.15, -0.1) is 0 Å². The Balaban J connectivity index is 2.16. The van der Waals surface area contributed by atoms with Gasteiger partial charge in [-0.1, -0.05) is 6.92 Å². The molecule has 6 heteroatoms. The van der Waals surface area contributed by atoms with Crippen LogP contribution in [0, 0.1) is 0 Å². The van der Waals surface area contributed by atoms with E-state index < -0.39 is 5.91 Å². The maximum Gasteiger partial charge on any atom is 0.257 e. The number of phenolic OH excluding ortho intramolecular Hbond substituents is 2. The topological polar surface area (TPSA) is 98.2 Å². The Kier molecular flexibility index (Phi) is 3.18. The Morgan fingerprint density at radius 3 is 2.50 bits per heavy atom. The van der Waals surface area contributed by atoms with E-state index in [-0.39, 0.29) is 17.1 Å². The van der Waals surface area contributed by atoms with Crippen LogP contribution in [0.3, 0.4) is 0 Å². The number of H-pyrrole nitrogens is 1. The fraction of sp³-hybridized carbons (Fsp3) is 0.167. The lowest BCUT2D eigenvalue weighted by atomic mass is 10.2. The van der Waals surface area contributed by atoms with Gasteiger partial charge in [0.05, 0.1) is 0 Å². The van der Waals surface area contributed by atoms with Crippen molar-refractivity contribution in [1.29, 1.82) is 0 Å². The highest BCUT2D eigenvalue weighted by Gasteiger charge is 2.10. The molecule has 1 heterocycles. The minimum Gasteiger partial charge on any atom is -0.508 e. The molecule has 0 saturated heterocycles. The summed E-state index contributed by atoms with van der Waals surface area (Å²) in [5, 5.41) is 27.8. The number of anilines is 1. The molecule has 0 aliphatic heterocycles. The molecule has 2 rings (SSSR count). The summed E-state index contributed by atoms with van der Waals surface area (Å²) in [6, 6.07) is 5.41. The molecule has 94 valence electrons. The largest absolute Gasteiger partial charge is 0.508 e. The molecular formula is C12H13N3O3. The van der Waals surface area contributed by atoms with Crippen molar-refractivity contribution in [2.24, 2.45) is 0 Å². The van der Waals surface area contributed by atoms with Gasteiger partial charge in [-0.25, -0.2) is 0 Å². The molecule has 2 aromatic rings. The van der Waals surface area contributed by atoms with Crippen molar-refractivity contribution in [3.05, 3.63) is 35.5 Å². The van der Waals surface area contributed by atoms with Gasteiger partial charge in [0.1, 0.15) is 11.5 Å². The Labute approximate surface area is 103 Å². The van der Waals surface area contributed by atoms with Gasteiger partial charge >= 0.3 is 0 Å². The zero-order valence-corrected chi connectivity index (χ0v) is 9.77. The van der Waals surface area contributed by atoms with E-state index in [1.807, 2.05) is 6.92 Å². The van der Waals surface area contributed by atoms with Crippen LogP contribution in [0.25, 0.3) is 0 Å². The van der Waals surface area contributed by atoms with E-state index in [2.05, 4.69) is 15.5 Å². The fourth-order valence-electron chi connectivity index (χ4n) is 1.52. The molecule has 0 saturated carbocycles. The Hall–Kier alpha value is -2.50. The van der Waals surface area contributed by atoms with Crippen LogP contribution in [0.5, 0.6) is 11.5 Å². The number of hydrogen-bond donors (Lipinski definition) is 4. The SMILES string of the molecule is CCc1cc(NC(=O)c2cc(O)cc(O)c2)n[nH]1. The number of nitrogens with zero attached hydrogens (tertiary/aromatic N) is 1. The lowest BCUT2D eigenvalue weighted by molar-refractivity contribution is 0.102. The number of phenols is 2. The zero-order chi connectivity index (χ0) is 13.1. The number of carbonyl (C=O) groups excluding carboxylic acids is 1. The van der Waals surface area contributed by atoms with Crippen LogP contribution in [0.1, 0.15) is 23.0 Å². The minimum atomic E-state index is -0.449. The van der Waals surface area contributed by atoms with E-state index >= 15 is 0 Å². The van der Waals surface area contributed by atoms with Gasteiger partial charge in [-0.3, -0.25) is 9.89 Å². The standard InChI is InChI=1S/C12H13N3O3/c1-2-8-5-11(15-14-8)13-12(18)7-3-9(16)6-10(17)4-7/h3-6,16-17H,2H2,1H3,(H2,13,14,15,18). The summed E-state index contributed by atoms with van der Waals surface area (Å²) < 4.78 is 0. The van der Waals surface area contributed by atoms with Crippen LogP contribution < -0.4 is 5.32 Å². The number of nitrogens with one attached hydrogen (secondary N) is 2. The number of benzene rings is 1. The molecule has 18 heavy (non-hydrogen) atoms.